The monoisotopic (exact) mass is 212 g/mol. The van der Waals surface area contributed by atoms with E-state index < -0.39 is 0 Å². The molecule has 1 aliphatic carbocycles. The van der Waals surface area contributed by atoms with Gasteiger partial charge in [-0.2, -0.15) is 0 Å². The van der Waals surface area contributed by atoms with Crippen LogP contribution >= 0.6 is 0 Å². The zero-order valence-electron chi connectivity index (χ0n) is 10.5. The average Bonchev–Trinajstić information content (AvgIpc) is 2.31. The average molecular weight is 212 g/mol. The minimum atomic E-state index is 0.279. The lowest BCUT2D eigenvalue weighted by Gasteiger charge is -2.38. The zero-order chi connectivity index (χ0) is 11.1. The van der Waals surface area contributed by atoms with Crippen LogP contribution in [0.1, 0.15) is 58.8 Å². The van der Waals surface area contributed by atoms with E-state index in [0.717, 1.165) is 19.0 Å². The van der Waals surface area contributed by atoms with E-state index in [1.54, 1.807) is 0 Å². The van der Waals surface area contributed by atoms with Crippen molar-refractivity contribution in [1.82, 2.24) is 5.32 Å². The van der Waals surface area contributed by atoms with E-state index >= 15 is 0 Å². The van der Waals surface area contributed by atoms with Gasteiger partial charge >= 0.3 is 0 Å². The lowest BCUT2D eigenvalue weighted by molar-refractivity contribution is 0.223. The second-order valence-electron chi connectivity index (χ2n) is 5.11. The summed E-state index contributed by atoms with van der Waals surface area (Å²) in [6.45, 7) is 6.54. The number of hydrogen-bond acceptors (Lipinski definition) is 2. The third-order valence-corrected chi connectivity index (χ3v) is 4.12. The SMILES string of the molecule is CCC(CC)CNC1(CN)CCCCC1. The minimum Gasteiger partial charge on any atom is -0.329 e. The molecule has 2 nitrogen and oxygen atoms in total. The first kappa shape index (κ1) is 13.0. The van der Waals surface area contributed by atoms with E-state index in [-0.39, 0.29) is 5.54 Å². The molecule has 0 radical (unpaired) electrons. The fraction of sp³-hybridized carbons (Fsp3) is 1.00. The third-order valence-electron chi connectivity index (χ3n) is 4.12. The van der Waals surface area contributed by atoms with Gasteiger partial charge in [-0.25, -0.2) is 0 Å². The van der Waals surface area contributed by atoms with Crippen LogP contribution in [-0.2, 0) is 0 Å². The van der Waals surface area contributed by atoms with Crippen molar-refractivity contribution in [2.75, 3.05) is 13.1 Å². The van der Waals surface area contributed by atoms with Gasteiger partial charge in [-0.3, -0.25) is 0 Å². The standard InChI is InChI=1S/C13H28N2/c1-3-12(4-2)10-15-13(11-14)8-6-5-7-9-13/h12,15H,3-11,14H2,1-2H3. The third kappa shape index (κ3) is 3.76. The molecule has 0 amide bonds. The smallest absolute Gasteiger partial charge is 0.0304 e. The van der Waals surface area contributed by atoms with Crippen molar-refractivity contribution in [3.63, 3.8) is 0 Å². The van der Waals surface area contributed by atoms with Gasteiger partial charge < -0.3 is 11.1 Å². The highest BCUT2D eigenvalue weighted by Crippen LogP contribution is 2.27. The molecule has 0 aromatic rings. The summed E-state index contributed by atoms with van der Waals surface area (Å²) in [5, 5.41) is 3.76. The van der Waals surface area contributed by atoms with E-state index in [4.69, 9.17) is 5.73 Å². The van der Waals surface area contributed by atoms with Crippen LogP contribution in [0.4, 0.5) is 0 Å². The quantitative estimate of drug-likeness (QED) is 0.710. The Kier molecular flexibility index (Phi) is 5.62. The Bertz CT molecular complexity index is 158. The maximum Gasteiger partial charge on any atom is 0.0304 e. The van der Waals surface area contributed by atoms with E-state index in [0.29, 0.717) is 0 Å². The Morgan fingerprint density at radius 3 is 2.20 bits per heavy atom. The first-order chi connectivity index (χ1) is 7.26. The van der Waals surface area contributed by atoms with Crippen molar-refractivity contribution in [2.45, 2.75) is 64.3 Å². The normalized spacial score (nSPS) is 20.8. The van der Waals surface area contributed by atoms with Crippen LogP contribution < -0.4 is 11.1 Å². The molecule has 0 aliphatic heterocycles. The molecule has 0 heterocycles. The summed E-state index contributed by atoms with van der Waals surface area (Å²) in [4.78, 5) is 0. The highest BCUT2D eigenvalue weighted by atomic mass is 15.0. The first-order valence-corrected chi connectivity index (χ1v) is 6.71. The van der Waals surface area contributed by atoms with Gasteiger partial charge in [0, 0.05) is 12.1 Å². The maximum atomic E-state index is 5.94. The fourth-order valence-electron chi connectivity index (χ4n) is 2.62. The van der Waals surface area contributed by atoms with Gasteiger partial charge in [-0.05, 0) is 25.3 Å². The number of nitrogens with two attached hydrogens (primary N) is 1. The maximum absolute atomic E-state index is 5.94. The molecule has 0 bridgehead atoms. The van der Waals surface area contributed by atoms with Gasteiger partial charge in [-0.15, -0.1) is 0 Å². The topological polar surface area (TPSA) is 38.0 Å². The molecule has 2 heteroatoms. The summed E-state index contributed by atoms with van der Waals surface area (Å²) >= 11 is 0. The van der Waals surface area contributed by atoms with Gasteiger partial charge in [-0.1, -0.05) is 46.0 Å². The molecular formula is C13H28N2. The van der Waals surface area contributed by atoms with E-state index in [1.165, 1.54) is 44.9 Å². The summed E-state index contributed by atoms with van der Waals surface area (Å²) in [6, 6.07) is 0. The molecule has 15 heavy (non-hydrogen) atoms. The molecule has 1 saturated carbocycles. The molecule has 1 rings (SSSR count). The first-order valence-electron chi connectivity index (χ1n) is 6.71. The molecule has 3 N–H and O–H groups in total. The van der Waals surface area contributed by atoms with Crippen LogP contribution in [0.2, 0.25) is 0 Å². The second kappa shape index (κ2) is 6.49. The van der Waals surface area contributed by atoms with Crippen molar-refractivity contribution in [2.24, 2.45) is 11.7 Å². The second-order valence-corrected chi connectivity index (χ2v) is 5.11. The van der Waals surface area contributed by atoms with Crippen LogP contribution in [0.25, 0.3) is 0 Å². The Hall–Kier alpha value is -0.0800. The van der Waals surface area contributed by atoms with Crippen molar-refractivity contribution >= 4 is 0 Å². The highest BCUT2D eigenvalue weighted by molar-refractivity contribution is 4.92. The van der Waals surface area contributed by atoms with Crippen LogP contribution in [0.15, 0.2) is 0 Å². The molecule has 1 fully saturated rings. The summed E-state index contributed by atoms with van der Waals surface area (Å²) in [7, 11) is 0. The van der Waals surface area contributed by atoms with Crippen molar-refractivity contribution in [1.29, 1.82) is 0 Å². The Balaban J connectivity index is 2.38. The lowest BCUT2D eigenvalue weighted by Crippen LogP contribution is -2.53. The van der Waals surface area contributed by atoms with Gasteiger partial charge in [0.05, 0.1) is 0 Å². The molecule has 90 valence electrons. The summed E-state index contributed by atoms with van der Waals surface area (Å²) in [6.07, 6.45) is 9.23. The van der Waals surface area contributed by atoms with Gasteiger partial charge in [0.25, 0.3) is 0 Å². The number of hydrogen-bond donors (Lipinski definition) is 2. The summed E-state index contributed by atoms with van der Waals surface area (Å²) in [5.74, 6) is 0.829. The highest BCUT2D eigenvalue weighted by Gasteiger charge is 2.30. The zero-order valence-corrected chi connectivity index (χ0v) is 10.5. The van der Waals surface area contributed by atoms with Crippen LogP contribution in [0.5, 0.6) is 0 Å². The summed E-state index contributed by atoms with van der Waals surface area (Å²) < 4.78 is 0. The van der Waals surface area contributed by atoms with Crippen molar-refractivity contribution in [3.05, 3.63) is 0 Å². The number of rotatable bonds is 6. The Morgan fingerprint density at radius 2 is 1.73 bits per heavy atom. The van der Waals surface area contributed by atoms with Crippen LogP contribution in [0.3, 0.4) is 0 Å². The van der Waals surface area contributed by atoms with E-state index in [9.17, 15) is 0 Å². The Labute approximate surface area is 95.0 Å². The molecule has 0 aromatic carbocycles. The predicted octanol–water partition coefficient (Wildman–Crippen LogP) is 2.67. The largest absolute Gasteiger partial charge is 0.329 e. The van der Waals surface area contributed by atoms with Crippen molar-refractivity contribution in [3.8, 4) is 0 Å². The fourth-order valence-corrected chi connectivity index (χ4v) is 2.62. The van der Waals surface area contributed by atoms with Crippen molar-refractivity contribution < 1.29 is 0 Å². The predicted molar refractivity (Wildman–Crippen MR) is 66.9 cm³/mol. The molecule has 0 aromatic heterocycles. The lowest BCUT2D eigenvalue weighted by atomic mass is 9.81. The van der Waals surface area contributed by atoms with E-state index in [1.807, 2.05) is 0 Å². The molecule has 0 spiro atoms. The van der Waals surface area contributed by atoms with Crippen LogP contribution in [0, 0.1) is 5.92 Å². The Morgan fingerprint density at radius 1 is 1.13 bits per heavy atom. The van der Waals surface area contributed by atoms with E-state index in [2.05, 4.69) is 19.2 Å². The van der Waals surface area contributed by atoms with Gasteiger partial charge in [0.2, 0.25) is 0 Å². The van der Waals surface area contributed by atoms with Gasteiger partial charge in [0.15, 0.2) is 0 Å². The molecule has 0 atom stereocenters. The number of nitrogens with one attached hydrogen (secondary N) is 1. The minimum absolute atomic E-state index is 0.279. The summed E-state index contributed by atoms with van der Waals surface area (Å²) in [5.41, 5.74) is 6.22. The molecule has 0 unspecified atom stereocenters. The molecule has 0 saturated heterocycles. The molecular weight excluding hydrogens is 184 g/mol. The molecule has 1 aliphatic rings. The van der Waals surface area contributed by atoms with Crippen LogP contribution in [-0.4, -0.2) is 18.6 Å². The van der Waals surface area contributed by atoms with Gasteiger partial charge in [0.1, 0.15) is 0 Å².